The van der Waals surface area contributed by atoms with Gasteiger partial charge in [-0.05, 0) is 12.8 Å². The zero-order chi connectivity index (χ0) is 24.1. The Morgan fingerprint density at radius 3 is 1.81 bits per heavy atom. The van der Waals surface area contributed by atoms with Crippen LogP contribution in [0.4, 0.5) is 0 Å². The molecule has 5 amide bonds. The monoisotopic (exact) mass is 446 g/mol. The van der Waals surface area contributed by atoms with Gasteiger partial charge >= 0.3 is 11.9 Å². The van der Waals surface area contributed by atoms with Gasteiger partial charge in [-0.25, -0.2) is 4.79 Å². The number of nitrogens with two attached hydrogens (primary N) is 3. The van der Waals surface area contributed by atoms with Crippen LogP contribution in [0.1, 0.15) is 32.1 Å². The van der Waals surface area contributed by atoms with Gasteiger partial charge in [-0.2, -0.15) is 0 Å². The van der Waals surface area contributed by atoms with E-state index in [1.165, 1.54) is 0 Å². The lowest BCUT2D eigenvalue weighted by Gasteiger charge is -2.19. The van der Waals surface area contributed by atoms with Gasteiger partial charge < -0.3 is 43.4 Å². The SMILES string of the molecule is NC(=O)CCC(N)C(=O)NC(CC(=O)O)C(=O)NCC(=O)NC(CCC(N)=O)C(=O)O. The van der Waals surface area contributed by atoms with Gasteiger partial charge in [0, 0.05) is 12.8 Å². The van der Waals surface area contributed by atoms with Crippen LogP contribution >= 0.6 is 0 Å². The van der Waals surface area contributed by atoms with Gasteiger partial charge in [-0.15, -0.1) is 0 Å². The summed E-state index contributed by atoms with van der Waals surface area (Å²) in [7, 11) is 0. The van der Waals surface area contributed by atoms with Gasteiger partial charge in [-0.3, -0.25) is 28.8 Å². The smallest absolute Gasteiger partial charge is 0.326 e. The van der Waals surface area contributed by atoms with Crippen LogP contribution in [0, 0.1) is 0 Å². The zero-order valence-corrected chi connectivity index (χ0v) is 16.5. The van der Waals surface area contributed by atoms with Gasteiger partial charge in [0.15, 0.2) is 0 Å². The summed E-state index contributed by atoms with van der Waals surface area (Å²) in [4.78, 5) is 79.6. The number of carbonyl (C=O) groups excluding carboxylic acids is 5. The Kier molecular flexibility index (Phi) is 11.8. The third-order valence-electron chi connectivity index (χ3n) is 3.79. The summed E-state index contributed by atoms with van der Waals surface area (Å²) in [5.41, 5.74) is 15.4. The fourth-order valence-corrected chi connectivity index (χ4v) is 2.17. The first kappa shape index (κ1) is 27.2. The van der Waals surface area contributed by atoms with Crippen molar-refractivity contribution in [3.63, 3.8) is 0 Å². The molecule has 0 spiro atoms. The van der Waals surface area contributed by atoms with Crippen LogP contribution in [0.3, 0.4) is 0 Å². The molecular formula is C16H26N6O9. The fraction of sp³-hybridized carbons (Fsp3) is 0.562. The minimum Gasteiger partial charge on any atom is -0.481 e. The second-order valence-corrected chi connectivity index (χ2v) is 6.45. The van der Waals surface area contributed by atoms with E-state index < -0.39 is 72.6 Å². The first-order valence-electron chi connectivity index (χ1n) is 8.97. The predicted molar refractivity (Wildman–Crippen MR) is 102 cm³/mol. The van der Waals surface area contributed by atoms with E-state index in [0.29, 0.717) is 0 Å². The van der Waals surface area contributed by atoms with E-state index in [1.54, 1.807) is 0 Å². The van der Waals surface area contributed by atoms with Crippen LogP contribution in [0.2, 0.25) is 0 Å². The number of hydrogen-bond acceptors (Lipinski definition) is 8. The molecule has 0 aromatic carbocycles. The molecule has 3 unspecified atom stereocenters. The molecule has 0 radical (unpaired) electrons. The average Bonchev–Trinajstić information content (AvgIpc) is 2.65. The summed E-state index contributed by atoms with van der Waals surface area (Å²) in [6.07, 6.45) is -1.74. The van der Waals surface area contributed by atoms with Crippen LogP contribution in [-0.4, -0.2) is 76.4 Å². The standard InChI is InChI=1S/C16H26N6O9/c17-7(1-3-10(18)23)14(28)22-9(5-13(26)27)15(29)20-6-12(25)21-8(16(30)31)2-4-11(19)24/h7-9H,1-6,17H2,(H2,18,23)(H2,19,24)(H,20,29)(H,21,25)(H,22,28)(H,26,27)(H,30,31). The number of aliphatic carboxylic acids is 2. The minimum absolute atomic E-state index is 0.132. The van der Waals surface area contributed by atoms with Crippen LogP contribution in [0.15, 0.2) is 0 Å². The molecule has 11 N–H and O–H groups in total. The van der Waals surface area contributed by atoms with E-state index in [0.717, 1.165) is 0 Å². The van der Waals surface area contributed by atoms with E-state index in [4.69, 9.17) is 27.4 Å². The van der Waals surface area contributed by atoms with Crippen LogP contribution < -0.4 is 33.2 Å². The van der Waals surface area contributed by atoms with E-state index in [1.807, 2.05) is 0 Å². The first-order valence-corrected chi connectivity index (χ1v) is 8.97. The van der Waals surface area contributed by atoms with Crippen molar-refractivity contribution in [2.45, 2.75) is 50.2 Å². The maximum Gasteiger partial charge on any atom is 0.326 e. The molecule has 0 heterocycles. The molecule has 3 atom stereocenters. The molecule has 0 aromatic heterocycles. The lowest BCUT2D eigenvalue weighted by Crippen LogP contribution is -2.54. The second-order valence-electron chi connectivity index (χ2n) is 6.45. The third-order valence-corrected chi connectivity index (χ3v) is 3.79. The maximum atomic E-state index is 12.2. The molecule has 0 saturated carbocycles. The fourth-order valence-electron chi connectivity index (χ4n) is 2.17. The number of carboxylic acid groups (broad SMARTS) is 2. The van der Waals surface area contributed by atoms with Crippen molar-refractivity contribution < 1.29 is 43.8 Å². The Labute approximate surface area is 176 Å². The third kappa shape index (κ3) is 12.4. The average molecular weight is 446 g/mol. The largest absolute Gasteiger partial charge is 0.481 e. The lowest BCUT2D eigenvalue weighted by molar-refractivity contribution is -0.142. The number of rotatable bonds is 15. The van der Waals surface area contributed by atoms with Gasteiger partial charge in [0.25, 0.3) is 0 Å². The van der Waals surface area contributed by atoms with Crippen molar-refractivity contribution in [2.24, 2.45) is 17.2 Å². The molecule has 15 heteroatoms. The highest BCUT2D eigenvalue weighted by atomic mass is 16.4. The molecule has 0 fully saturated rings. The van der Waals surface area contributed by atoms with Crippen molar-refractivity contribution in [3.8, 4) is 0 Å². The first-order chi connectivity index (χ1) is 14.3. The summed E-state index contributed by atoms with van der Waals surface area (Å²) in [6.45, 7) is -0.737. The predicted octanol–water partition coefficient (Wildman–Crippen LogP) is -4.51. The molecule has 174 valence electrons. The molecule has 0 aliphatic rings. The van der Waals surface area contributed by atoms with Crippen LogP contribution in [0.5, 0.6) is 0 Å². The lowest BCUT2D eigenvalue weighted by atomic mass is 10.1. The normalized spacial score (nSPS) is 13.2. The van der Waals surface area contributed by atoms with E-state index in [9.17, 15) is 33.6 Å². The molecule has 0 bridgehead atoms. The highest BCUT2D eigenvalue weighted by Gasteiger charge is 2.27. The van der Waals surface area contributed by atoms with Crippen LogP contribution in [0.25, 0.3) is 0 Å². The number of amides is 5. The number of carboxylic acids is 2. The summed E-state index contributed by atoms with van der Waals surface area (Å²) >= 11 is 0. The van der Waals surface area contributed by atoms with Crippen molar-refractivity contribution >= 4 is 41.5 Å². The Balaban J connectivity index is 4.85. The highest BCUT2D eigenvalue weighted by Crippen LogP contribution is 1.99. The van der Waals surface area contributed by atoms with Crippen molar-refractivity contribution in [1.29, 1.82) is 0 Å². The van der Waals surface area contributed by atoms with Crippen molar-refractivity contribution in [1.82, 2.24) is 16.0 Å². The number of primary amides is 2. The topological polar surface area (TPSA) is 274 Å². The van der Waals surface area contributed by atoms with Gasteiger partial charge in [-0.1, -0.05) is 0 Å². The number of nitrogens with one attached hydrogen (secondary N) is 3. The Bertz CT molecular complexity index is 726. The molecule has 15 nitrogen and oxygen atoms in total. The molecule has 31 heavy (non-hydrogen) atoms. The van der Waals surface area contributed by atoms with Crippen LogP contribution in [-0.2, 0) is 33.6 Å². The highest BCUT2D eigenvalue weighted by molar-refractivity contribution is 5.94. The van der Waals surface area contributed by atoms with Gasteiger partial charge in [0.2, 0.25) is 29.5 Å². The second kappa shape index (κ2) is 13.5. The number of hydrogen-bond donors (Lipinski definition) is 8. The molecule has 0 rings (SSSR count). The minimum atomic E-state index is -1.59. The van der Waals surface area contributed by atoms with E-state index in [2.05, 4.69) is 16.0 Å². The molecule has 0 aliphatic carbocycles. The van der Waals surface area contributed by atoms with E-state index >= 15 is 0 Å². The quantitative estimate of drug-likeness (QED) is 0.119. The summed E-state index contributed by atoms with van der Waals surface area (Å²) in [5.74, 6) is -7.24. The molecule has 0 saturated heterocycles. The summed E-state index contributed by atoms with van der Waals surface area (Å²) in [6, 6.07) is -4.27. The Morgan fingerprint density at radius 2 is 1.32 bits per heavy atom. The Morgan fingerprint density at radius 1 is 0.774 bits per heavy atom. The van der Waals surface area contributed by atoms with Gasteiger partial charge in [0.05, 0.1) is 19.0 Å². The molecule has 0 aromatic rings. The van der Waals surface area contributed by atoms with Gasteiger partial charge in [0.1, 0.15) is 12.1 Å². The molecular weight excluding hydrogens is 420 g/mol. The van der Waals surface area contributed by atoms with Crippen molar-refractivity contribution in [3.05, 3.63) is 0 Å². The Hall–Kier alpha value is -3.75. The molecule has 0 aliphatic heterocycles. The summed E-state index contributed by atoms with van der Waals surface area (Å²) < 4.78 is 0. The van der Waals surface area contributed by atoms with Crippen molar-refractivity contribution in [2.75, 3.05) is 6.54 Å². The summed E-state index contributed by atoms with van der Waals surface area (Å²) in [5, 5.41) is 24.2. The zero-order valence-electron chi connectivity index (χ0n) is 16.5. The number of carbonyl (C=O) groups is 7. The van der Waals surface area contributed by atoms with E-state index in [-0.39, 0.29) is 25.7 Å². The maximum absolute atomic E-state index is 12.2.